The van der Waals surface area contributed by atoms with E-state index in [9.17, 15) is 9.59 Å². The Hall–Kier alpha value is -1.66. The Labute approximate surface area is 166 Å². The summed E-state index contributed by atoms with van der Waals surface area (Å²) in [5.74, 6) is 0.0899. The lowest BCUT2D eigenvalue weighted by Crippen LogP contribution is -2.20. The monoisotopic (exact) mass is 434 g/mol. The summed E-state index contributed by atoms with van der Waals surface area (Å²) in [6.45, 7) is 2.20. The van der Waals surface area contributed by atoms with Crippen molar-refractivity contribution in [2.75, 3.05) is 5.32 Å². The van der Waals surface area contributed by atoms with E-state index in [2.05, 4.69) is 28.2 Å². The number of hydrogen-bond acceptors (Lipinski definition) is 3. The summed E-state index contributed by atoms with van der Waals surface area (Å²) in [6.07, 6.45) is 5.59. The molecule has 0 aliphatic heterocycles. The van der Waals surface area contributed by atoms with Crippen LogP contribution in [0.25, 0.3) is 0 Å². The van der Waals surface area contributed by atoms with Gasteiger partial charge in [-0.3, -0.25) is 9.59 Å². The number of rotatable bonds is 6. The topological polar surface area (TPSA) is 72.2 Å². The lowest BCUT2D eigenvalue weighted by atomic mass is 9.84. The van der Waals surface area contributed by atoms with Crippen LogP contribution >= 0.6 is 27.3 Å². The number of carbonyl (C=O) groups is 2. The number of anilines is 1. The van der Waals surface area contributed by atoms with E-state index in [1.165, 1.54) is 29.1 Å². The Kier molecular flexibility index (Phi) is 6.14. The number of thiophene rings is 1. The molecule has 1 aromatic heterocycles. The molecule has 0 saturated carbocycles. The quantitative estimate of drug-likeness (QED) is 0.691. The summed E-state index contributed by atoms with van der Waals surface area (Å²) in [5.41, 5.74) is 8.13. The molecule has 2 amide bonds. The summed E-state index contributed by atoms with van der Waals surface area (Å²) >= 11 is 4.91. The summed E-state index contributed by atoms with van der Waals surface area (Å²) in [6, 6.07) is 7.64. The largest absolute Gasteiger partial charge is 0.365 e. The minimum Gasteiger partial charge on any atom is -0.365 e. The smallest absolute Gasteiger partial charge is 0.251 e. The number of halogens is 1. The van der Waals surface area contributed by atoms with Gasteiger partial charge in [-0.15, -0.1) is 11.3 Å². The average molecular weight is 435 g/mol. The Morgan fingerprint density at radius 1 is 1.31 bits per heavy atom. The van der Waals surface area contributed by atoms with Crippen molar-refractivity contribution in [3.05, 3.63) is 50.3 Å². The Bertz CT molecular complexity index is 814. The van der Waals surface area contributed by atoms with E-state index in [0.29, 0.717) is 16.5 Å². The van der Waals surface area contributed by atoms with Gasteiger partial charge < -0.3 is 11.1 Å². The highest BCUT2D eigenvalue weighted by molar-refractivity contribution is 9.10. The molecule has 0 saturated heterocycles. The maximum Gasteiger partial charge on any atom is 0.251 e. The van der Waals surface area contributed by atoms with E-state index in [4.69, 9.17) is 5.73 Å². The molecule has 1 heterocycles. The molecule has 3 rings (SSSR count). The molecule has 1 aromatic carbocycles. The SMILES string of the molecule is CCC[C@H]1CCc2c(sc(NC(=O)Cc3ccc(Br)cc3)c2C(N)=O)C1. The van der Waals surface area contributed by atoms with Crippen LogP contribution in [0.5, 0.6) is 0 Å². The number of amides is 2. The van der Waals surface area contributed by atoms with Gasteiger partial charge in [-0.25, -0.2) is 0 Å². The van der Waals surface area contributed by atoms with Crippen molar-refractivity contribution >= 4 is 44.1 Å². The van der Waals surface area contributed by atoms with Gasteiger partial charge in [0.15, 0.2) is 0 Å². The van der Waals surface area contributed by atoms with Crippen LogP contribution in [-0.2, 0) is 24.1 Å². The van der Waals surface area contributed by atoms with Crippen LogP contribution in [0.15, 0.2) is 28.7 Å². The van der Waals surface area contributed by atoms with Crippen LogP contribution in [0.3, 0.4) is 0 Å². The fraction of sp³-hybridized carbons (Fsp3) is 0.400. The van der Waals surface area contributed by atoms with Gasteiger partial charge in [0.25, 0.3) is 5.91 Å². The molecule has 0 fully saturated rings. The molecule has 4 nitrogen and oxygen atoms in total. The van der Waals surface area contributed by atoms with E-state index in [0.717, 1.165) is 34.9 Å². The van der Waals surface area contributed by atoms with Crippen molar-refractivity contribution in [1.29, 1.82) is 0 Å². The van der Waals surface area contributed by atoms with Gasteiger partial charge >= 0.3 is 0 Å². The van der Waals surface area contributed by atoms with Crippen molar-refractivity contribution in [3.8, 4) is 0 Å². The predicted molar refractivity (Wildman–Crippen MR) is 110 cm³/mol. The van der Waals surface area contributed by atoms with E-state index in [-0.39, 0.29) is 12.3 Å². The van der Waals surface area contributed by atoms with Gasteiger partial charge in [-0.1, -0.05) is 47.8 Å². The second-order valence-electron chi connectivity index (χ2n) is 6.82. The molecule has 138 valence electrons. The van der Waals surface area contributed by atoms with Gasteiger partial charge in [0.1, 0.15) is 5.00 Å². The van der Waals surface area contributed by atoms with E-state index in [1.807, 2.05) is 24.3 Å². The van der Waals surface area contributed by atoms with Crippen molar-refractivity contribution in [2.45, 2.75) is 45.4 Å². The van der Waals surface area contributed by atoms with Gasteiger partial charge in [-0.2, -0.15) is 0 Å². The van der Waals surface area contributed by atoms with Crippen molar-refractivity contribution < 1.29 is 9.59 Å². The second kappa shape index (κ2) is 8.35. The third-order valence-corrected chi connectivity index (χ3v) is 6.54. The molecule has 6 heteroatoms. The van der Waals surface area contributed by atoms with Crippen molar-refractivity contribution in [1.82, 2.24) is 0 Å². The minimum atomic E-state index is -0.449. The maximum atomic E-state index is 12.5. The molecule has 3 N–H and O–H groups in total. The Balaban J connectivity index is 1.78. The van der Waals surface area contributed by atoms with Gasteiger partial charge in [0.2, 0.25) is 5.91 Å². The molecule has 1 aliphatic rings. The molecule has 0 bridgehead atoms. The molecule has 2 aromatic rings. The van der Waals surface area contributed by atoms with Crippen LogP contribution in [0.4, 0.5) is 5.00 Å². The summed E-state index contributed by atoms with van der Waals surface area (Å²) in [4.78, 5) is 25.7. The number of carbonyl (C=O) groups excluding carboxylic acids is 2. The normalized spacial score (nSPS) is 16.2. The van der Waals surface area contributed by atoms with Crippen LogP contribution < -0.4 is 11.1 Å². The van der Waals surface area contributed by atoms with E-state index >= 15 is 0 Å². The number of primary amides is 1. The summed E-state index contributed by atoms with van der Waals surface area (Å²) < 4.78 is 0.977. The van der Waals surface area contributed by atoms with Crippen LogP contribution in [0, 0.1) is 5.92 Å². The zero-order chi connectivity index (χ0) is 18.7. The van der Waals surface area contributed by atoms with E-state index in [1.54, 1.807) is 0 Å². The van der Waals surface area contributed by atoms with Crippen molar-refractivity contribution in [3.63, 3.8) is 0 Å². The fourth-order valence-electron chi connectivity index (χ4n) is 3.62. The molecule has 0 spiro atoms. The lowest BCUT2D eigenvalue weighted by Gasteiger charge is -2.21. The Morgan fingerprint density at radius 3 is 2.69 bits per heavy atom. The summed E-state index contributed by atoms with van der Waals surface area (Å²) in [5, 5.41) is 3.54. The molecule has 1 atom stereocenters. The zero-order valence-electron chi connectivity index (χ0n) is 14.8. The van der Waals surface area contributed by atoms with Crippen LogP contribution in [0.1, 0.15) is 52.5 Å². The van der Waals surface area contributed by atoms with Crippen LogP contribution in [0.2, 0.25) is 0 Å². The predicted octanol–water partition coefficient (Wildman–Crippen LogP) is 4.70. The van der Waals surface area contributed by atoms with E-state index < -0.39 is 5.91 Å². The molecular formula is C20H23BrN2O2S. The maximum absolute atomic E-state index is 12.5. The van der Waals surface area contributed by atoms with Gasteiger partial charge in [0.05, 0.1) is 12.0 Å². The average Bonchev–Trinajstić information content (AvgIpc) is 2.94. The number of nitrogens with two attached hydrogens (primary N) is 1. The van der Waals surface area contributed by atoms with Gasteiger partial charge in [-0.05, 0) is 48.4 Å². The second-order valence-corrected chi connectivity index (χ2v) is 8.84. The summed E-state index contributed by atoms with van der Waals surface area (Å²) in [7, 11) is 0. The van der Waals surface area contributed by atoms with Crippen molar-refractivity contribution in [2.24, 2.45) is 11.7 Å². The third kappa shape index (κ3) is 4.35. The number of hydrogen-bond donors (Lipinski definition) is 2. The first kappa shape index (κ1) is 19.1. The molecular weight excluding hydrogens is 412 g/mol. The highest BCUT2D eigenvalue weighted by Gasteiger charge is 2.28. The highest BCUT2D eigenvalue weighted by Crippen LogP contribution is 2.40. The Morgan fingerprint density at radius 2 is 2.04 bits per heavy atom. The van der Waals surface area contributed by atoms with Gasteiger partial charge in [0, 0.05) is 9.35 Å². The zero-order valence-corrected chi connectivity index (χ0v) is 17.2. The third-order valence-electron chi connectivity index (χ3n) is 4.84. The minimum absolute atomic E-state index is 0.126. The molecule has 1 aliphatic carbocycles. The molecule has 26 heavy (non-hydrogen) atoms. The highest BCUT2D eigenvalue weighted by atomic mass is 79.9. The number of benzene rings is 1. The first-order valence-corrected chi connectivity index (χ1v) is 10.6. The molecule has 0 radical (unpaired) electrons. The lowest BCUT2D eigenvalue weighted by molar-refractivity contribution is -0.115. The molecule has 0 unspecified atom stereocenters. The first-order chi connectivity index (χ1) is 12.5. The standard InChI is InChI=1S/C20H23BrN2O2S/c1-2-3-12-6-9-15-16(10-12)26-20(18(15)19(22)25)23-17(24)11-13-4-7-14(21)8-5-13/h4-5,7-8,12H,2-3,6,9-11H2,1H3,(H2,22,25)(H,23,24)/t12-/m0/s1. The number of fused-ring (bicyclic) bond motifs is 1. The van der Waals surface area contributed by atoms with Crippen LogP contribution in [-0.4, -0.2) is 11.8 Å². The number of nitrogens with one attached hydrogen (secondary N) is 1. The first-order valence-electron chi connectivity index (χ1n) is 8.96. The fourth-order valence-corrected chi connectivity index (χ4v) is 5.26.